The maximum Gasteiger partial charge on any atom is 0.326 e. The molecule has 0 radical (unpaired) electrons. The van der Waals surface area contributed by atoms with Crippen LogP contribution in [0.1, 0.15) is 54.4 Å². The lowest BCUT2D eigenvalue weighted by atomic mass is 9.76. The minimum absolute atomic E-state index is 0.0639. The zero-order valence-corrected chi connectivity index (χ0v) is 28.8. The predicted molar refractivity (Wildman–Crippen MR) is 181 cm³/mol. The Labute approximate surface area is 292 Å². The Kier molecular flexibility index (Phi) is 11.4. The second kappa shape index (κ2) is 15.1. The smallest absolute Gasteiger partial charge is 0.326 e. The molecule has 2 amide bonds. The van der Waals surface area contributed by atoms with Crippen molar-refractivity contribution in [2.75, 3.05) is 11.9 Å². The van der Waals surface area contributed by atoms with Crippen molar-refractivity contribution >= 4 is 79.9 Å². The Morgan fingerprint density at radius 2 is 1.53 bits per heavy atom. The lowest BCUT2D eigenvalue weighted by Gasteiger charge is -2.34. The summed E-state index contributed by atoms with van der Waals surface area (Å²) in [4.78, 5) is 42.8. The highest BCUT2D eigenvalue weighted by Gasteiger charge is 2.49. The van der Waals surface area contributed by atoms with Crippen LogP contribution >= 0.6 is 46.4 Å². The number of benzene rings is 2. The first kappa shape index (κ1) is 35.4. The van der Waals surface area contributed by atoms with Gasteiger partial charge in [-0.15, -0.1) is 0 Å². The summed E-state index contributed by atoms with van der Waals surface area (Å²) in [5.74, 6) is -2.64. The van der Waals surface area contributed by atoms with E-state index < -0.39 is 39.9 Å². The van der Waals surface area contributed by atoms with E-state index in [1.54, 1.807) is 24.3 Å². The molecule has 1 aliphatic carbocycles. The maximum absolute atomic E-state index is 14.0. The fraction of sp³-hybridized carbons (Fsp3) is 0.375. The Morgan fingerprint density at radius 3 is 2.13 bits per heavy atom. The molecule has 10 nitrogen and oxygen atoms in total. The van der Waals surface area contributed by atoms with Gasteiger partial charge in [-0.3, -0.25) is 14.6 Å². The van der Waals surface area contributed by atoms with E-state index in [4.69, 9.17) is 46.4 Å². The van der Waals surface area contributed by atoms with E-state index in [9.17, 15) is 27.9 Å². The van der Waals surface area contributed by atoms with Gasteiger partial charge in [-0.25, -0.2) is 13.2 Å². The largest absolute Gasteiger partial charge is 0.480 e. The number of amides is 2. The number of hydrogen-bond donors (Lipinski definition) is 3. The van der Waals surface area contributed by atoms with Crippen LogP contribution in [-0.2, 0) is 26.0 Å². The third kappa shape index (κ3) is 8.21. The van der Waals surface area contributed by atoms with Crippen LogP contribution in [0.15, 0.2) is 59.8 Å². The Balaban J connectivity index is 1.34. The quantitative estimate of drug-likeness (QED) is 0.209. The van der Waals surface area contributed by atoms with Gasteiger partial charge in [-0.05, 0) is 54.2 Å². The number of aliphatic carboxylic acids is 1. The van der Waals surface area contributed by atoms with Gasteiger partial charge in [0.2, 0.25) is 15.9 Å². The van der Waals surface area contributed by atoms with Gasteiger partial charge in [-0.1, -0.05) is 90.6 Å². The van der Waals surface area contributed by atoms with Gasteiger partial charge < -0.3 is 15.7 Å². The molecule has 2 aromatic carbocycles. The van der Waals surface area contributed by atoms with Crippen LogP contribution in [0, 0.1) is 11.8 Å². The number of aromatic nitrogens is 1. The van der Waals surface area contributed by atoms with Gasteiger partial charge in [0, 0.05) is 41.1 Å². The molecule has 1 aromatic heterocycles. The van der Waals surface area contributed by atoms with Crippen molar-refractivity contribution in [3.8, 4) is 0 Å². The van der Waals surface area contributed by atoms with Crippen molar-refractivity contribution in [1.29, 1.82) is 0 Å². The van der Waals surface area contributed by atoms with E-state index in [1.807, 2.05) is 0 Å². The third-order valence-electron chi connectivity index (χ3n) is 8.71. The summed E-state index contributed by atoms with van der Waals surface area (Å²) in [5, 5.41) is 15.9. The highest BCUT2D eigenvalue weighted by molar-refractivity contribution is 7.89. The van der Waals surface area contributed by atoms with Crippen LogP contribution in [0.3, 0.4) is 0 Å². The molecule has 1 unspecified atom stereocenters. The predicted octanol–water partition coefficient (Wildman–Crippen LogP) is 6.72. The second-order valence-corrected chi connectivity index (χ2v) is 15.3. The number of rotatable bonds is 10. The van der Waals surface area contributed by atoms with E-state index in [0.29, 0.717) is 17.7 Å². The summed E-state index contributed by atoms with van der Waals surface area (Å²) in [5.41, 5.74) is 1.03. The molecule has 250 valence electrons. The Morgan fingerprint density at radius 1 is 0.915 bits per heavy atom. The van der Waals surface area contributed by atoms with E-state index in [0.717, 1.165) is 32.1 Å². The van der Waals surface area contributed by atoms with Crippen molar-refractivity contribution < 1.29 is 27.9 Å². The molecule has 1 saturated carbocycles. The minimum atomic E-state index is -4.20. The second-order valence-electron chi connectivity index (χ2n) is 11.7. The molecular weight excluding hydrogens is 710 g/mol. The number of pyridine rings is 1. The number of nitrogens with one attached hydrogen (secondary N) is 2. The normalized spacial score (nSPS) is 19.7. The third-order valence-corrected chi connectivity index (χ3v) is 11.6. The molecule has 1 aliphatic heterocycles. The molecule has 0 bridgehead atoms. The standard InChI is InChI=1S/C32H32Cl4N4O6S/c33-20-13-21(34)15-23(14-20)47(45,46)40-11-10-24(19-4-2-1-3-5-19)29(40)31(42)39-27(32(43)44)12-18-6-8-22(9-7-18)38-30(41)28-25(35)16-37-17-26(28)36/h6-9,13-17,19,24,27,29H,1-5,10-12H2,(H,38,41)(H,39,42)(H,43,44)/t24-,27-,29?/m0/s1. The number of carbonyl (C=O) groups is 3. The van der Waals surface area contributed by atoms with Crippen molar-refractivity contribution in [2.24, 2.45) is 11.8 Å². The zero-order chi connectivity index (χ0) is 33.9. The number of halogens is 4. The molecule has 2 fully saturated rings. The molecule has 1 saturated heterocycles. The summed E-state index contributed by atoms with van der Waals surface area (Å²) in [7, 11) is -4.20. The molecule has 3 aromatic rings. The first-order chi connectivity index (χ1) is 22.3. The van der Waals surface area contributed by atoms with Crippen LogP contribution < -0.4 is 10.6 Å². The number of nitrogens with zero attached hydrogens (tertiary/aromatic N) is 2. The summed E-state index contributed by atoms with van der Waals surface area (Å²) in [6, 6.07) is 7.94. The van der Waals surface area contributed by atoms with Crippen LogP contribution in [-0.4, -0.2) is 59.2 Å². The molecule has 5 rings (SSSR count). The van der Waals surface area contributed by atoms with Crippen molar-refractivity contribution in [1.82, 2.24) is 14.6 Å². The molecule has 47 heavy (non-hydrogen) atoms. The molecule has 3 atom stereocenters. The van der Waals surface area contributed by atoms with Crippen molar-refractivity contribution in [2.45, 2.75) is 61.9 Å². The fourth-order valence-electron chi connectivity index (χ4n) is 6.49. The SMILES string of the molecule is O=C(Nc1ccc(C[C@H](NC(=O)C2[C@H](C3CCCCC3)CCN2S(=O)(=O)c2cc(Cl)cc(Cl)c2)C(=O)O)cc1)c1c(Cl)cncc1Cl. The number of anilines is 1. The van der Waals surface area contributed by atoms with Crippen LogP contribution in [0.5, 0.6) is 0 Å². The summed E-state index contributed by atoms with van der Waals surface area (Å²) in [6.45, 7) is 0.104. The van der Waals surface area contributed by atoms with Crippen molar-refractivity contribution in [3.05, 3.63) is 86.1 Å². The lowest BCUT2D eigenvalue weighted by Crippen LogP contribution is -2.54. The Bertz CT molecular complexity index is 1730. The first-order valence-electron chi connectivity index (χ1n) is 15.1. The van der Waals surface area contributed by atoms with Crippen LogP contribution in [0.4, 0.5) is 5.69 Å². The van der Waals surface area contributed by atoms with Crippen molar-refractivity contribution in [3.63, 3.8) is 0 Å². The molecule has 0 spiro atoms. The highest BCUT2D eigenvalue weighted by atomic mass is 35.5. The topological polar surface area (TPSA) is 146 Å². The maximum atomic E-state index is 14.0. The van der Waals surface area contributed by atoms with E-state index in [-0.39, 0.29) is 55.4 Å². The molecule has 2 heterocycles. The first-order valence-corrected chi connectivity index (χ1v) is 18.0. The van der Waals surface area contributed by atoms with Gasteiger partial charge in [0.15, 0.2) is 0 Å². The molecular formula is C32H32Cl4N4O6S. The Hall–Kier alpha value is -2.93. The number of sulfonamides is 1. The van der Waals surface area contributed by atoms with E-state index in [2.05, 4.69) is 15.6 Å². The van der Waals surface area contributed by atoms with Gasteiger partial charge in [0.05, 0.1) is 20.5 Å². The van der Waals surface area contributed by atoms with Crippen LogP contribution in [0.2, 0.25) is 20.1 Å². The van der Waals surface area contributed by atoms with Gasteiger partial charge in [0.25, 0.3) is 5.91 Å². The van der Waals surface area contributed by atoms with Gasteiger partial charge in [0.1, 0.15) is 12.1 Å². The molecule has 2 aliphatic rings. The number of carboxylic acid groups (broad SMARTS) is 1. The minimum Gasteiger partial charge on any atom is -0.480 e. The molecule has 15 heteroatoms. The fourth-order valence-corrected chi connectivity index (χ4v) is 9.40. The summed E-state index contributed by atoms with van der Waals surface area (Å²) < 4.78 is 29.0. The highest BCUT2D eigenvalue weighted by Crippen LogP contribution is 2.41. The monoisotopic (exact) mass is 740 g/mol. The molecule has 3 N–H and O–H groups in total. The van der Waals surface area contributed by atoms with E-state index in [1.165, 1.54) is 34.9 Å². The summed E-state index contributed by atoms with van der Waals surface area (Å²) >= 11 is 24.4. The summed E-state index contributed by atoms with van der Waals surface area (Å²) in [6.07, 6.45) is 7.79. The zero-order valence-electron chi connectivity index (χ0n) is 25.0. The van der Waals surface area contributed by atoms with Gasteiger partial charge >= 0.3 is 5.97 Å². The lowest BCUT2D eigenvalue weighted by molar-refractivity contribution is -0.142. The number of carbonyl (C=O) groups excluding carboxylic acids is 2. The van der Waals surface area contributed by atoms with Gasteiger partial charge in [-0.2, -0.15) is 4.31 Å². The number of carboxylic acids is 1. The number of hydrogen-bond acceptors (Lipinski definition) is 6. The van der Waals surface area contributed by atoms with E-state index >= 15 is 0 Å². The van der Waals surface area contributed by atoms with Crippen LogP contribution in [0.25, 0.3) is 0 Å². The average molecular weight is 743 g/mol. The average Bonchev–Trinajstić information content (AvgIpc) is 3.48.